The predicted octanol–water partition coefficient (Wildman–Crippen LogP) is 2.34. The number of halogens is 1. The molecule has 0 aliphatic heterocycles. The van der Waals surface area contributed by atoms with E-state index in [4.69, 9.17) is 0 Å². The maximum atomic E-state index is 13.7. The summed E-state index contributed by atoms with van der Waals surface area (Å²) in [6, 6.07) is 8.94. The highest BCUT2D eigenvalue weighted by Gasteiger charge is 2.19. The van der Waals surface area contributed by atoms with Crippen molar-refractivity contribution in [3.8, 4) is 0 Å². The lowest BCUT2D eigenvalue weighted by molar-refractivity contribution is 0.570. The Morgan fingerprint density at radius 1 is 0.955 bits per heavy atom. The molecule has 0 radical (unpaired) electrons. The minimum Gasteiger partial charge on any atom is -0.280 e. The molecule has 0 heterocycles. The van der Waals surface area contributed by atoms with E-state index in [-0.39, 0.29) is 10.6 Å². The Kier molecular flexibility index (Phi) is 4.25. The van der Waals surface area contributed by atoms with Gasteiger partial charge in [0.25, 0.3) is 10.0 Å². The molecule has 0 spiro atoms. The van der Waals surface area contributed by atoms with Crippen molar-refractivity contribution in [2.45, 2.75) is 16.7 Å². The van der Waals surface area contributed by atoms with Gasteiger partial charge in [0.05, 0.1) is 4.90 Å². The monoisotopic (exact) mass is 343 g/mol. The van der Waals surface area contributed by atoms with E-state index >= 15 is 0 Å². The van der Waals surface area contributed by atoms with Crippen LogP contribution in [0.25, 0.3) is 0 Å². The molecule has 0 saturated heterocycles. The van der Waals surface area contributed by atoms with Gasteiger partial charge in [0.1, 0.15) is 10.7 Å². The molecule has 0 saturated carbocycles. The normalized spacial score (nSPS) is 12.1. The zero-order chi connectivity index (χ0) is 16.5. The second-order valence-corrected chi connectivity index (χ2v) is 8.50. The van der Waals surface area contributed by atoms with Crippen LogP contribution in [0.5, 0.6) is 0 Å². The molecule has 22 heavy (non-hydrogen) atoms. The van der Waals surface area contributed by atoms with Gasteiger partial charge in [0, 0.05) is 11.9 Å². The summed E-state index contributed by atoms with van der Waals surface area (Å²) >= 11 is 0. The Morgan fingerprint density at radius 2 is 1.55 bits per heavy atom. The summed E-state index contributed by atoms with van der Waals surface area (Å²) in [5, 5.41) is 0. The third-order valence-corrected chi connectivity index (χ3v) is 5.44. The number of sulfonamides is 1. The maximum absolute atomic E-state index is 13.7. The zero-order valence-electron chi connectivity index (χ0n) is 11.9. The third kappa shape index (κ3) is 3.63. The number of nitrogens with one attached hydrogen (secondary N) is 1. The molecule has 0 aliphatic carbocycles. The summed E-state index contributed by atoms with van der Waals surface area (Å²) in [7, 11) is -7.45. The minimum absolute atomic E-state index is 0.0668. The van der Waals surface area contributed by atoms with Crippen molar-refractivity contribution in [3.05, 3.63) is 53.8 Å². The fourth-order valence-electron chi connectivity index (χ4n) is 1.80. The fraction of sp³-hybridized carbons (Fsp3) is 0.143. The Labute approximate surface area is 128 Å². The summed E-state index contributed by atoms with van der Waals surface area (Å²) in [6.07, 6.45) is 1.05. The van der Waals surface area contributed by atoms with Crippen molar-refractivity contribution in [3.63, 3.8) is 0 Å². The van der Waals surface area contributed by atoms with Crippen LogP contribution in [0.3, 0.4) is 0 Å². The van der Waals surface area contributed by atoms with Crippen LogP contribution in [0.1, 0.15) is 5.56 Å². The molecule has 2 rings (SSSR count). The molecule has 2 aromatic carbocycles. The van der Waals surface area contributed by atoms with Crippen molar-refractivity contribution in [1.82, 2.24) is 0 Å². The van der Waals surface area contributed by atoms with Gasteiger partial charge in [-0.05, 0) is 48.9 Å². The Hall–Kier alpha value is -1.93. The Morgan fingerprint density at radius 3 is 2.09 bits per heavy atom. The standard InChI is InChI=1S/C14H14FNO4S2/c1-10-3-8-13(15)14(9-10)22(19,20)16-11-4-6-12(7-5-11)21(2,17)18/h3-9,16H,1-2H3. The lowest BCUT2D eigenvalue weighted by Crippen LogP contribution is -2.15. The van der Waals surface area contributed by atoms with Gasteiger partial charge in [-0.1, -0.05) is 6.07 Å². The summed E-state index contributed by atoms with van der Waals surface area (Å²) in [5.41, 5.74) is 0.752. The SMILES string of the molecule is Cc1ccc(F)c(S(=O)(=O)Nc2ccc(S(C)(=O)=O)cc2)c1. The highest BCUT2D eigenvalue weighted by Crippen LogP contribution is 2.21. The van der Waals surface area contributed by atoms with Crippen molar-refractivity contribution in [2.24, 2.45) is 0 Å². The second-order valence-electron chi connectivity index (χ2n) is 4.84. The molecule has 0 aliphatic rings. The quantitative estimate of drug-likeness (QED) is 0.924. The van der Waals surface area contributed by atoms with Crippen LogP contribution in [-0.4, -0.2) is 23.1 Å². The summed E-state index contributed by atoms with van der Waals surface area (Å²) in [5.74, 6) is -0.856. The number of anilines is 1. The first-order valence-electron chi connectivity index (χ1n) is 6.19. The molecule has 118 valence electrons. The molecule has 0 amide bonds. The van der Waals surface area contributed by atoms with Crippen molar-refractivity contribution >= 4 is 25.5 Å². The number of aryl methyl sites for hydroxylation is 1. The van der Waals surface area contributed by atoms with Crippen LogP contribution in [0.15, 0.2) is 52.3 Å². The van der Waals surface area contributed by atoms with Gasteiger partial charge in [-0.15, -0.1) is 0 Å². The lowest BCUT2D eigenvalue weighted by atomic mass is 10.2. The first-order chi connectivity index (χ1) is 10.1. The first-order valence-corrected chi connectivity index (χ1v) is 9.56. The molecule has 0 aromatic heterocycles. The molecule has 5 nitrogen and oxygen atoms in total. The molecular weight excluding hydrogens is 329 g/mol. The summed E-state index contributed by atoms with van der Waals surface area (Å²) < 4.78 is 63.0. The van der Waals surface area contributed by atoms with E-state index in [2.05, 4.69) is 4.72 Å². The summed E-state index contributed by atoms with van der Waals surface area (Å²) in [4.78, 5) is -0.392. The molecular formula is C14H14FNO4S2. The van der Waals surface area contributed by atoms with Gasteiger partial charge in [0.15, 0.2) is 9.84 Å². The molecule has 0 bridgehead atoms. The molecule has 2 aromatic rings. The van der Waals surface area contributed by atoms with Crippen LogP contribution < -0.4 is 4.72 Å². The van der Waals surface area contributed by atoms with Crippen molar-refractivity contribution in [1.29, 1.82) is 0 Å². The van der Waals surface area contributed by atoms with Gasteiger partial charge in [-0.25, -0.2) is 21.2 Å². The summed E-state index contributed by atoms with van der Waals surface area (Å²) in [6.45, 7) is 1.65. The average Bonchev–Trinajstić information content (AvgIpc) is 2.40. The van der Waals surface area contributed by atoms with Crippen LogP contribution in [0, 0.1) is 12.7 Å². The van der Waals surface area contributed by atoms with Crippen LogP contribution in [-0.2, 0) is 19.9 Å². The van der Waals surface area contributed by atoms with Crippen LogP contribution >= 0.6 is 0 Å². The number of hydrogen-bond acceptors (Lipinski definition) is 4. The fourth-order valence-corrected chi connectivity index (χ4v) is 3.65. The highest BCUT2D eigenvalue weighted by atomic mass is 32.2. The number of benzene rings is 2. The minimum atomic E-state index is -4.09. The first kappa shape index (κ1) is 16.4. The molecule has 0 fully saturated rings. The van der Waals surface area contributed by atoms with E-state index in [9.17, 15) is 21.2 Å². The van der Waals surface area contributed by atoms with Crippen LogP contribution in [0.4, 0.5) is 10.1 Å². The number of sulfone groups is 1. The van der Waals surface area contributed by atoms with E-state index in [1.807, 2.05) is 0 Å². The maximum Gasteiger partial charge on any atom is 0.264 e. The van der Waals surface area contributed by atoms with E-state index in [1.54, 1.807) is 6.92 Å². The Bertz CT molecular complexity index is 904. The molecule has 0 atom stereocenters. The third-order valence-electron chi connectivity index (χ3n) is 2.91. The lowest BCUT2D eigenvalue weighted by Gasteiger charge is -2.10. The van der Waals surface area contributed by atoms with Gasteiger partial charge < -0.3 is 0 Å². The van der Waals surface area contributed by atoms with E-state index < -0.39 is 30.6 Å². The van der Waals surface area contributed by atoms with Crippen molar-refractivity contribution < 1.29 is 21.2 Å². The van der Waals surface area contributed by atoms with Crippen molar-refractivity contribution in [2.75, 3.05) is 11.0 Å². The topological polar surface area (TPSA) is 80.3 Å². The van der Waals surface area contributed by atoms with Gasteiger partial charge in [-0.2, -0.15) is 0 Å². The van der Waals surface area contributed by atoms with E-state index in [0.29, 0.717) is 5.56 Å². The van der Waals surface area contributed by atoms with Gasteiger partial charge in [0.2, 0.25) is 0 Å². The largest absolute Gasteiger partial charge is 0.280 e. The Balaban J connectivity index is 2.35. The van der Waals surface area contributed by atoms with Gasteiger partial charge >= 0.3 is 0 Å². The highest BCUT2D eigenvalue weighted by molar-refractivity contribution is 7.92. The second kappa shape index (κ2) is 5.69. The molecule has 1 N–H and O–H groups in total. The zero-order valence-corrected chi connectivity index (χ0v) is 13.5. The molecule has 0 unspecified atom stereocenters. The van der Waals surface area contributed by atoms with E-state index in [1.165, 1.54) is 36.4 Å². The molecule has 8 heteroatoms. The van der Waals surface area contributed by atoms with E-state index in [0.717, 1.165) is 12.3 Å². The average molecular weight is 343 g/mol. The van der Waals surface area contributed by atoms with Gasteiger partial charge in [-0.3, -0.25) is 4.72 Å². The number of rotatable bonds is 4. The smallest absolute Gasteiger partial charge is 0.264 e. The number of hydrogen-bond donors (Lipinski definition) is 1. The predicted molar refractivity (Wildman–Crippen MR) is 81.5 cm³/mol. The van der Waals surface area contributed by atoms with Crippen LogP contribution in [0.2, 0.25) is 0 Å².